The Kier molecular flexibility index (Phi) is 4.63. The molecule has 7 nitrogen and oxygen atoms in total. The van der Waals surface area contributed by atoms with Crippen molar-refractivity contribution in [3.8, 4) is 0 Å². The van der Waals surface area contributed by atoms with Gasteiger partial charge in [0.25, 0.3) is 12.0 Å². The van der Waals surface area contributed by atoms with Crippen LogP contribution in [0.3, 0.4) is 0 Å². The quantitative estimate of drug-likeness (QED) is 0.356. The van der Waals surface area contributed by atoms with Crippen LogP contribution >= 0.6 is 0 Å². The molecule has 0 aromatic heterocycles. The number of carbonyl (C=O) groups excluding carboxylic acids is 2. The Morgan fingerprint density at radius 2 is 1.48 bits per heavy atom. The maximum Gasteiger partial charge on any atom is 0.305 e. The zero-order chi connectivity index (χ0) is 19.2. The number of nitrogens with zero attached hydrogens (tertiary/aromatic N) is 1. The molecule has 1 aliphatic carbocycles. The van der Waals surface area contributed by atoms with Crippen molar-refractivity contribution >= 4 is 17.6 Å². The van der Waals surface area contributed by atoms with E-state index in [1.165, 1.54) is 6.07 Å². The van der Waals surface area contributed by atoms with Gasteiger partial charge in [0.05, 0.1) is 4.92 Å². The van der Waals surface area contributed by atoms with Crippen LogP contribution in [0.4, 0.5) is 5.69 Å². The highest BCUT2D eigenvalue weighted by Crippen LogP contribution is 2.51. The number of nitro benzene ring substituents is 1. The maximum atomic E-state index is 11.6. The summed E-state index contributed by atoms with van der Waals surface area (Å²) >= 11 is 0. The molecule has 136 valence electrons. The SMILES string of the molecule is CC(=O)OC(OC(C)=O)c1cc2c(cc1[N+](=O)[O-])C(C)(C)CC2(C)C. The Labute approximate surface area is 146 Å². The van der Waals surface area contributed by atoms with Gasteiger partial charge < -0.3 is 9.47 Å². The second-order valence-electron chi connectivity index (χ2n) is 7.71. The highest BCUT2D eigenvalue weighted by atomic mass is 16.7. The van der Waals surface area contributed by atoms with Crippen LogP contribution in [0.1, 0.15) is 70.9 Å². The van der Waals surface area contributed by atoms with E-state index >= 15 is 0 Å². The van der Waals surface area contributed by atoms with Gasteiger partial charge in [-0.3, -0.25) is 19.7 Å². The molecule has 0 saturated heterocycles. The summed E-state index contributed by atoms with van der Waals surface area (Å²) in [6.45, 7) is 10.5. The number of hydrogen-bond donors (Lipinski definition) is 0. The summed E-state index contributed by atoms with van der Waals surface area (Å²) in [5, 5.41) is 11.6. The van der Waals surface area contributed by atoms with Crippen LogP contribution in [0.2, 0.25) is 0 Å². The Balaban J connectivity index is 2.70. The van der Waals surface area contributed by atoms with Gasteiger partial charge in [0, 0.05) is 19.9 Å². The van der Waals surface area contributed by atoms with Crippen molar-refractivity contribution in [3.05, 3.63) is 38.9 Å². The molecule has 0 unspecified atom stereocenters. The maximum absolute atomic E-state index is 11.6. The van der Waals surface area contributed by atoms with E-state index < -0.39 is 23.2 Å². The lowest BCUT2D eigenvalue weighted by molar-refractivity contribution is -0.386. The van der Waals surface area contributed by atoms with E-state index in [0.29, 0.717) is 0 Å². The number of fused-ring (bicyclic) bond motifs is 1. The average Bonchev–Trinajstić information content (AvgIpc) is 2.60. The highest BCUT2D eigenvalue weighted by molar-refractivity contribution is 5.69. The summed E-state index contributed by atoms with van der Waals surface area (Å²) in [6, 6.07) is 3.15. The van der Waals surface area contributed by atoms with E-state index in [-0.39, 0.29) is 22.1 Å². The van der Waals surface area contributed by atoms with Gasteiger partial charge in [0.15, 0.2) is 0 Å². The minimum Gasteiger partial charge on any atom is -0.420 e. The molecule has 7 heteroatoms. The van der Waals surface area contributed by atoms with Crippen LogP contribution in [0, 0.1) is 10.1 Å². The number of esters is 2. The van der Waals surface area contributed by atoms with Crippen LogP contribution in [0.15, 0.2) is 12.1 Å². The molecule has 0 radical (unpaired) electrons. The first kappa shape index (κ1) is 18.9. The summed E-state index contributed by atoms with van der Waals surface area (Å²) in [5.41, 5.74) is 1.23. The topological polar surface area (TPSA) is 95.7 Å². The molecule has 25 heavy (non-hydrogen) atoms. The van der Waals surface area contributed by atoms with Gasteiger partial charge in [-0.05, 0) is 34.4 Å². The number of hydrogen-bond acceptors (Lipinski definition) is 6. The van der Waals surface area contributed by atoms with Gasteiger partial charge in [0.1, 0.15) is 5.56 Å². The zero-order valence-electron chi connectivity index (χ0n) is 15.3. The first-order valence-corrected chi connectivity index (χ1v) is 8.03. The fourth-order valence-corrected chi connectivity index (χ4v) is 3.82. The number of carbonyl (C=O) groups is 2. The summed E-state index contributed by atoms with van der Waals surface area (Å²) in [6.07, 6.45) is -0.623. The molecular weight excluding hydrogens is 326 g/mol. The fourth-order valence-electron chi connectivity index (χ4n) is 3.82. The largest absolute Gasteiger partial charge is 0.420 e. The number of rotatable bonds is 4. The summed E-state index contributed by atoms with van der Waals surface area (Å²) in [4.78, 5) is 33.8. The lowest BCUT2D eigenvalue weighted by Crippen LogP contribution is -2.18. The Hall–Kier alpha value is -2.44. The van der Waals surface area contributed by atoms with E-state index in [0.717, 1.165) is 31.4 Å². The fraction of sp³-hybridized carbons (Fsp3) is 0.556. The minimum absolute atomic E-state index is 0.0694. The van der Waals surface area contributed by atoms with E-state index in [2.05, 4.69) is 13.8 Å². The number of benzene rings is 1. The normalized spacial score (nSPS) is 17.1. The van der Waals surface area contributed by atoms with Crippen molar-refractivity contribution in [3.63, 3.8) is 0 Å². The molecule has 1 aromatic carbocycles. The van der Waals surface area contributed by atoms with Crippen LogP contribution in [-0.2, 0) is 29.9 Å². The lowest BCUT2D eigenvalue weighted by atomic mass is 9.82. The molecule has 2 rings (SSSR count). The molecule has 0 saturated carbocycles. The third-order valence-corrected chi connectivity index (χ3v) is 4.51. The van der Waals surface area contributed by atoms with E-state index in [4.69, 9.17) is 9.47 Å². The molecule has 0 N–H and O–H groups in total. The second kappa shape index (κ2) is 6.13. The van der Waals surface area contributed by atoms with Crippen molar-refractivity contribution < 1.29 is 24.0 Å². The van der Waals surface area contributed by atoms with Crippen molar-refractivity contribution in [2.75, 3.05) is 0 Å². The van der Waals surface area contributed by atoms with Gasteiger partial charge in [-0.15, -0.1) is 0 Å². The molecular formula is C18H23NO6. The molecule has 1 aliphatic rings. The molecule has 0 amide bonds. The van der Waals surface area contributed by atoms with Gasteiger partial charge in [-0.2, -0.15) is 0 Å². The molecule has 0 heterocycles. The van der Waals surface area contributed by atoms with Crippen LogP contribution in [0.5, 0.6) is 0 Å². The lowest BCUT2D eigenvalue weighted by Gasteiger charge is -2.22. The van der Waals surface area contributed by atoms with Crippen molar-refractivity contribution in [2.24, 2.45) is 0 Å². The molecule has 0 aliphatic heterocycles. The van der Waals surface area contributed by atoms with Gasteiger partial charge >= 0.3 is 11.9 Å². The smallest absolute Gasteiger partial charge is 0.305 e. The third kappa shape index (κ3) is 3.65. The predicted octanol–water partition coefficient (Wildman–Crippen LogP) is 3.68. The van der Waals surface area contributed by atoms with Crippen LogP contribution < -0.4 is 0 Å². The van der Waals surface area contributed by atoms with Gasteiger partial charge in [-0.1, -0.05) is 27.7 Å². The van der Waals surface area contributed by atoms with Crippen molar-refractivity contribution in [1.29, 1.82) is 0 Å². The predicted molar refractivity (Wildman–Crippen MR) is 90.0 cm³/mol. The standard InChI is InChI=1S/C18H23NO6/c1-10(20)24-16(25-11(2)21)12-7-13-14(8-15(12)19(22)23)18(5,6)9-17(13,3)4/h7-8,16H,9H2,1-6H3. The summed E-state index contributed by atoms with van der Waals surface area (Å²) in [5.74, 6) is -1.39. The first-order chi connectivity index (χ1) is 11.3. The van der Waals surface area contributed by atoms with Gasteiger partial charge in [-0.25, -0.2) is 0 Å². The Bertz CT molecular complexity index is 734. The zero-order valence-corrected chi connectivity index (χ0v) is 15.3. The van der Waals surface area contributed by atoms with E-state index in [9.17, 15) is 19.7 Å². The molecule has 0 bridgehead atoms. The number of ether oxygens (including phenoxy) is 2. The van der Waals surface area contributed by atoms with Crippen molar-refractivity contribution in [1.82, 2.24) is 0 Å². The van der Waals surface area contributed by atoms with E-state index in [1.807, 2.05) is 13.8 Å². The highest BCUT2D eigenvalue weighted by Gasteiger charge is 2.44. The molecule has 0 atom stereocenters. The Morgan fingerprint density at radius 1 is 1.04 bits per heavy atom. The van der Waals surface area contributed by atoms with Crippen LogP contribution in [-0.4, -0.2) is 16.9 Å². The van der Waals surface area contributed by atoms with Crippen molar-refractivity contribution in [2.45, 2.75) is 65.1 Å². The Morgan fingerprint density at radius 3 is 1.88 bits per heavy atom. The van der Waals surface area contributed by atoms with Crippen LogP contribution in [0.25, 0.3) is 0 Å². The molecule has 1 aromatic rings. The monoisotopic (exact) mass is 349 g/mol. The third-order valence-electron chi connectivity index (χ3n) is 4.51. The summed E-state index contributed by atoms with van der Waals surface area (Å²) < 4.78 is 10.1. The van der Waals surface area contributed by atoms with Gasteiger partial charge in [0.2, 0.25) is 0 Å². The second-order valence-corrected chi connectivity index (χ2v) is 7.71. The van der Waals surface area contributed by atoms with E-state index in [1.54, 1.807) is 6.07 Å². The molecule has 0 spiro atoms. The number of nitro groups is 1. The summed E-state index contributed by atoms with van der Waals surface area (Å²) in [7, 11) is 0. The minimum atomic E-state index is -1.44. The first-order valence-electron chi connectivity index (χ1n) is 8.03. The average molecular weight is 349 g/mol. The molecule has 0 fully saturated rings.